The molecule has 0 bridgehead atoms. The van der Waals surface area contributed by atoms with Gasteiger partial charge in [0.2, 0.25) is 0 Å². The maximum atomic E-state index is 11.1. The van der Waals surface area contributed by atoms with Crippen LogP contribution in [0.4, 0.5) is 0 Å². The monoisotopic (exact) mass is 185 g/mol. The summed E-state index contributed by atoms with van der Waals surface area (Å²) < 4.78 is 9.26. The summed E-state index contributed by atoms with van der Waals surface area (Å²) in [5.74, 6) is -0.927. The number of rotatable bonds is 2. The van der Waals surface area contributed by atoms with Gasteiger partial charge in [-0.3, -0.25) is 4.98 Å². The van der Waals surface area contributed by atoms with Crippen LogP contribution >= 0.6 is 0 Å². The third-order valence-corrected chi connectivity index (χ3v) is 1.59. The summed E-state index contributed by atoms with van der Waals surface area (Å²) in [6, 6.07) is 0. The third-order valence-electron chi connectivity index (χ3n) is 1.59. The van der Waals surface area contributed by atoms with E-state index in [1.807, 2.05) is 13.8 Å². The Balaban J connectivity index is 3.19. The minimum atomic E-state index is -0.635. The van der Waals surface area contributed by atoms with E-state index in [2.05, 4.69) is 9.72 Å². The molecule has 0 unspecified atom stereocenters. The van der Waals surface area contributed by atoms with Crippen LogP contribution in [0.25, 0.3) is 0 Å². The zero-order valence-corrected chi connectivity index (χ0v) is 7.71. The molecule has 5 heteroatoms. The van der Waals surface area contributed by atoms with Crippen LogP contribution in [0.3, 0.4) is 0 Å². The van der Waals surface area contributed by atoms with E-state index in [-0.39, 0.29) is 11.6 Å². The van der Waals surface area contributed by atoms with Gasteiger partial charge in [-0.15, -0.1) is 0 Å². The highest BCUT2D eigenvalue weighted by atomic mass is 16.5. The smallest absolute Gasteiger partial charge is 0.417 e. The van der Waals surface area contributed by atoms with Gasteiger partial charge in [0, 0.05) is 5.92 Å². The number of aromatic nitrogens is 1. The van der Waals surface area contributed by atoms with Gasteiger partial charge in [-0.2, -0.15) is 0 Å². The Morgan fingerprint density at radius 2 is 2.15 bits per heavy atom. The average molecular weight is 185 g/mol. The molecule has 0 spiro atoms. The maximum Gasteiger partial charge on any atom is 0.417 e. The number of esters is 1. The van der Waals surface area contributed by atoms with Crippen LogP contribution in [0.1, 0.15) is 36.0 Å². The normalized spacial score (nSPS) is 10.5. The number of nitrogens with one attached hydrogen (secondary N) is 1. The van der Waals surface area contributed by atoms with E-state index in [1.165, 1.54) is 7.11 Å². The largest absolute Gasteiger partial charge is 0.464 e. The van der Waals surface area contributed by atoms with Crippen LogP contribution in [-0.2, 0) is 4.74 Å². The van der Waals surface area contributed by atoms with Crippen LogP contribution < -0.4 is 5.76 Å². The molecule has 1 aromatic heterocycles. The van der Waals surface area contributed by atoms with Crippen molar-refractivity contribution < 1.29 is 13.9 Å². The highest BCUT2D eigenvalue weighted by Crippen LogP contribution is 2.16. The van der Waals surface area contributed by atoms with Crippen molar-refractivity contribution in [2.24, 2.45) is 0 Å². The molecular formula is C8H11NO4. The van der Waals surface area contributed by atoms with Gasteiger partial charge in [0.15, 0.2) is 5.69 Å². The standard InChI is InChI=1S/C8H11NO4/c1-4(2)6-5(7(10)12-3)9-8(11)13-6/h4H,1-3H3,(H,9,11). The van der Waals surface area contributed by atoms with Crippen molar-refractivity contribution in [3.8, 4) is 0 Å². The van der Waals surface area contributed by atoms with Crippen molar-refractivity contribution in [2.45, 2.75) is 19.8 Å². The van der Waals surface area contributed by atoms with Crippen LogP contribution in [0.5, 0.6) is 0 Å². The molecule has 1 aromatic rings. The molecule has 0 aliphatic carbocycles. The van der Waals surface area contributed by atoms with Gasteiger partial charge in [0.1, 0.15) is 5.76 Å². The second-order valence-electron chi connectivity index (χ2n) is 2.90. The number of oxazole rings is 1. The van der Waals surface area contributed by atoms with E-state index < -0.39 is 11.7 Å². The molecule has 1 heterocycles. The molecule has 0 aromatic carbocycles. The minimum absolute atomic E-state index is 0.0342. The van der Waals surface area contributed by atoms with Gasteiger partial charge in [0.05, 0.1) is 7.11 Å². The van der Waals surface area contributed by atoms with Crippen molar-refractivity contribution in [3.05, 3.63) is 22.0 Å². The second kappa shape index (κ2) is 3.47. The fourth-order valence-electron chi connectivity index (χ4n) is 1.00. The van der Waals surface area contributed by atoms with E-state index >= 15 is 0 Å². The molecule has 1 N–H and O–H groups in total. The number of hydrogen-bond donors (Lipinski definition) is 1. The van der Waals surface area contributed by atoms with Crippen molar-refractivity contribution in [3.63, 3.8) is 0 Å². The summed E-state index contributed by atoms with van der Waals surface area (Å²) in [6.45, 7) is 3.64. The Morgan fingerprint density at radius 1 is 1.54 bits per heavy atom. The van der Waals surface area contributed by atoms with E-state index in [4.69, 9.17) is 4.42 Å². The van der Waals surface area contributed by atoms with Crippen molar-refractivity contribution in [1.82, 2.24) is 4.98 Å². The highest BCUT2D eigenvalue weighted by Gasteiger charge is 2.20. The highest BCUT2D eigenvalue weighted by molar-refractivity contribution is 5.88. The lowest BCUT2D eigenvalue weighted by Crippen LogP contribution is -2.07. The Labute approximate surface area is 74.7 Å². The Morgan fingerprint density at radius 3 is 2.62 bits per heavy atom. The molecule has 0 atom stereocenters. The number of carbonyl (C=O) groups is 1. The first-order chi connectivity index (χ1) is 6.06. The molecule has 72 valence electrons. The first-order valence-electron chi connectivity index (χ1n) is 3.87. The predicted octanol–water partition coefficient (Wildman–Crippen LogP) is 0.878. The van der Waals surface area contributed by atoms with E-state index in [0.717, 1.165) is 0 Å². The Kier molecular flexibility index (Phi) is 2.55. The molecule has 13 heavy (non-hydrogen) atoms. The first kappa shape index (κ1) is 9.57. The molecule has 0 saturated carbocycles. The van der Waals surface area contributed by atoms with Gasteiger partial charge >= 0.3 is 11.7 Å². The summed E-state index contributed by atoms with van der Waals surface area (Å²) in [7, 11) is 1.25. The second-order valence-corrected chi connectivity index (χ2v) is 2.90. The predicted molar refractivity (Wildman–Crippen MR) is 44.8 cm³/mol. The van der Waals surface area contributed by atoms with E-state index in [1.54, 1.807) is 0 Å². The number of carbonyl (C=O) groups excluding carboxylic acids is 1. The number of methoxy groups -OCH3 is 1. The average Bonchev–Trinajstić information content (AvgIpc) is 2.46. The molecule has 0 fully saturated rings. The lowest BCUT2D eigenvalue weighted by molar-refractivity contribution is 0.0591. The Hall–Kier alpha value is -1.52. The minimum Gasteiger partial charge on any atom is -0.464 e. The van der Waals surface area contributed by atoms with Crippen LogP contribution in [0, 0.1) is 0 Å². The Bertz CT molecular complexity index is 360. The zero-order valence-electron chi connectivity index (χ0n) is 7.71. The maximum absolute atomic E-state index is 11.1. The van der Waals surface area contributed by atoms with Crippen LogP contribution in [0.2, 0.25) is 0 Å². The number of hydrogen-bond acceptors (Lipinski definition) is 4. The van der Waals surface area contributed by atoms with Gasteiger partial charge < -0.3 is 9.15 Å². The molecular weight excluding hydrogens is 174 g/mol. The summed E-state index contributed by atoms with van der Waals surface area (Å²) in [6.07, 6.45) is 0. The van der Waals surface area contributed by atoms with Gasteiger partial charge in [0.25, 0.3) is 0 Å². The van der Waals surface area contributed by atoms with Gasteiger partial charge in [-0.25, -0.2) is 9.59 Å². The molecule has 0 aliphatic rings. The molecule has 0 saturated heterocycles. The van der Waals surface area contributed by atoms with Crippen LogP contribution in [0.15, 0.2) is 9.21 Å². The lowest BCUT2D eigenvalue weighted by Gasteiger charge is -2.01. The third kappa shape index (κ3) is 1.80. The summed E-state index contributed by atoms with van der Waals surface area (Å²) in [4.78, 5) is 24.2. The summed E-state index contributed by atoms with van der Waals surface area (Å²) >= 11 is 0. The molecule has 0 aliphatic heterocycles. The van der Waals surface area contributed by atoms with Crippen molar-refractivity contribution in [1.29, 1.82) is 0 Å². The lowest BCUT2D eigenvalue weighted by atomic mass is 10.1. The quantitative estimate of drug-likeness (QED) is 0.694. The van der Waals surface area contributed by atoms with Crippen molar-refractivity contribution in [2.75, 3.05) is 7.11 Å². The van der Waals surface area contributed by atoms with Crippen molar-refractivity contribution >= 4 is 5.97 Å². The van der Waals surface area contributed by atoms with Gasteiger partial charge in [-0.1, -0.05) is 13.8 Å². The SMILES string of the molecule is COC(=O)c1[nH]c(=O)oc1C(C)C. The number of H-pyrrole nitrogens is 1. The van der Waals surface area contributed by atoms with Crippen LogP contribution in [-0.4, -0.2) is 18.1 Å². The fourth-order valence-corrected chi connectivity index (χ4v) is 1.00. The molecule has 5 nitrogen and oxygen atoms in total. The van der Waals surface area contributed by atoms with E-state index in [9.17, 15) is 9.59 Å². The summed E-state index contributed by atoms with van der Waals surface area (Å²) in [5, 5.41) is 0. The fraction of sp³-hybridized carbons (Fsp3) is 0.500. The number of aromatic amines is 1. The van der Waals surface area contributed by atoms with Gasteiger partial charge in [-0.05, 0) is 0 Å². The molecule has 0 amide bonds. The molecule has 1 rings (SSSR count). The molecule has 0 radical (unpaired) electrons. The first-order valence-corrected chi connectivity index (χ1v) is 3.87. The number of ether oxygens (including phenoxy) is 1. The topological polar surface area (TPSA) is 72.3 Å². The summed E-state index contributed by atoms with van der Waals surface area (Å²) in [5.41, 5.74) is 0.0995. The zero-order chi connectivity index (χ0) is 10.0. The van der Waals surface area contributed by atoms with E-state index in [0.29, 0.717) is 5.76 Å².